The van der Waals surface area contributed by atoms with Crippen molar-refractivity contribution in [2.24, 2.45) is 0 Å². The van der Waals surface area contributed by atoms with Gasteiger partial charge in [-0.1, -0.05) is 38.8 Å². The maximum Gasteiger partial charge on any atom is 0.253 e. The summed E-state index contributed by atoms with van der Waals surface area (Å²) in [7, 11) is 0. The van der Waals surface area contributed by atoms with Crippen molar-refractivity contribution in [3.05, 3.63) is 29.8 Å². The molecule has 3 nitrogen and oxygen atoms in total. The fourth-order valence-electron chi connectivity index (χ4n) is 1.23. The van der Waals surface area contributed by atoms with Gasteiger partial charge in [0.25, 0.3) is 5.91 Å². The summed E-state index contributed by atoms with van der Waals surface area (Å²) in [5, 5.41) is 4.13. The van der Waals surface area contributed by atoms with Gasteiger partial charge < -0.3 is 5.32 Å². The second-order valence-electron chi connectivity index (χ2n) is 3.75. The molecular formula is C11H13Br2FN2O. The Morgan fingerprint density at radius 1 is 1.47 bits per heavy atom. The van der Waals surface area contributed by atoms with Gasteiger partial charge in [0.15, 0.2) is 0 Å². The molecule has 0 bridgehead atoms. The van der Waals surface area contributed by atoms with Crippen LogP contribution in [0.4, 0.5) is 4.39 Å². The van der Waals surface area contributed by atoms with Crippen molar-refractivity contribution in [2.45, 2.75) is 18.9 Å². The Morgan fingerprint density at radius 3 is 2.59 bits per heavy atom. The van der Waals surface area contributed by atoms with Crippen LogP contribution in [0.3, 0.4) is 0 Å². The van der Waals surface area contributed by atoms with E-state index in [1.807, 2.05) is 6.92 Å². The summed E-state index contributed by atoms with van der Waals surface area (Å²) in [5.74, 6) is -0.838. The lowest BCUT2D eigenvalue weighted by Crippen LogP contribution is -2.51. The van der Waals surface area contributed by atoms with E-state index in [0.717, 1.165) is 12.6 Å². The molecule has 1 N–H and O–H groups in total. The summed E-state index contributed by atoms with van der Waals surface area (Å²) >= 11 is 6.75. The zero-order valence-electron chi connectivity index (χ0n) is 9.34. The third kappa shape index (κ3) is 3.74. The molecule has 17 heavy (non-hydrogen) atoms. The van der Waals surface area contributed by atoms with E-state index in [4.69, 9.17) is 0 Å². The smallest absolute Gasteiger partial charge is 0.253 e. The van der Waals surface area contributed by atoms with Crippen molar-refractivity contribution >= 4 is 37.8 Å². The molecule has 0 aliphatic rings. The maximum atomic E-state index is 12.9. The Labute approximate surface area is 116 Å². The standard InChI is InChI=1S/C11H13Br2FN2O/c1-2-11(6-12,7-13)16-10(17)8-3-9(14)5-15-4-8/h3-5H,2,6-7H2,1H3,(H,16,17). The topological polar surface area (TPSA) is 42.0 Å². The molecule has 0 fully saturated rings. The molecule has 0 aliphatic heterocycles. The average Bonchev–Trinajstić information content (AvgIpc) is 2.36. The molecular weight excluding hydrogens is 355 g/mol. The molecule has 0 saturated heterocycles. The summed E-state index contributed by atoms with van der Waals surface area (Å²) in [5.41, 5.74) is -0.145. The van der Waals surface area contributed by atoms with E-state index in [1.54, 1.807) is 0 Å². The van der Waals surface area contributed by atoms with Gasteiger partial charge in [0.05, 0.1) is 17.3 Å². The Kier molecular flexibility index (Phi) is 5.52. The van der Waals surface area contributed by atoms with E-state index < -0.39 is 5.82 Å². The number of rotatable bonds is 5. The van der Waals surface area contributed by atoms with Crippen LogP contribution in [0.15, 0.2) is 18.5 Å². The number of halogens is 3. The predicted molar refractivity (Wildman–Crippen MR) is 72.3 cm³/mol. The number of hydrogen-bond acceptors (Lipinski definition) is 2. The zero-order chi connectivity index (χ0) is 12.9. The van der Waals surface area contributed by atoms with Crippen LogP contribution >= 0.6 is 31.9 Å². The van der Waals surface area contributed by atoms with E-state index in [9.17, 15) is 9.18 Å². The first-order chi connectivity index (χ1) is 8.06. The Morgan fingerprint density at radius 2 is 2.12 bits per heavy atom. The minimum atomic E-state index is -0.516. The molecule has 0 atom stereocenters. The van der Waals surface area contributed by atoms with E-state index in [-0.39, 0.29) is 17.0 Å². The summed E-state index contributed by atoms with van der Waals surface area (Å²) in [6.45, 7) is 1.98. The van der Waals surface area contributed by atoms with Gasteiger partial charge in [0.2, 0.25) is 0 Å². The fraction of sp³-hybridized carbons (Fsp3) is 0.455. The summed E-state index contributed by atoms with van der Waals surface area (Å²) in [6.07, 6.45) is 3.18. The Balaban J connectivity index is 2.84. The SMILES string of the molecule is CCC(CBr)(CBr)NC(=O)c1cncc(F)c1. The minimum absolute atomic E-state index is 0.227. The lowest BCUT2D eigenvalue weighted by Gasteiger charge is -2.29. The van der Waals surface area contributed by atoms with Gasteiger partial charge >= 0.3 is 0 Å². The lowest BCUT2D eigenvalue weighted by molar-refractivity contribution is 0.0914. The number of carbonyl (C=O) groups is 1. The molecule has 6 heteroatoms. The summed E-state index contributed by atoms with van der Waals surface area (Å²) in [4.78, 5) is 15.6. The molecule has 0 saturated carbocycles. The molecule has 1 heterocycles. The lowest BCUT2D eigenvalue weighted by atomic mass is 10.0. The molecule has 0 unspecified atom stereocenters. The van der Waals surface area contributed by atoms with Crippen LogP contribution in [0.2, 0.25) is 0 Å². The van der Waals surface area contributed by atoms with Crippen LogP contribution in [0.25, 0.3) is 0 Å². The van der Waals surface area contributed by atoms with Crippen LogP contribution in [-0.4, -0.2) is 27.1 Å². The van der Waals surface area contributed by atoms with E-state index in [0.29, 0.717) is 10.7 Å². The van der Waals surface area contributed by atoms with Crippen LogP contribution < -0.4 is 5.32 Å². The van der Waals surface area contributed by atoms with Gasteiger partial charge in [-0.25, -0.2) is 4.39 Å². The van der Waals surface area contributed by atoms with Crippen molar-refractivity contribution in [1.29, 1.82) is 0 Å². The maximum absolute atomic E-state index is 12.9. The molecule has 94 valence electrons. The highest BCUT2D eigenvalue weighted by atomic mass is 79.9. The van der Waals surface area contributed by atoms with Gasteiger partial charge in [-0.15, -0.1) is 0 Å². The number of nitrogens with one attached hydrogen (secondary N) is 1. The van der Waals surface area contributed by atoms with Gasteiger partial charge in [0, 0.05) is 16.9 Å². The number of aromatic nitrogens is 1. The first-order valence-electron chi connectivity index (χ1n) is 5.12. The highest BCUT2D eigenvalue weighted by Crippen LogP contribution is 2.17. The molecule has 1 aromatic rings. The van der Waals surface area contributed by atoms with Gasteiger partial charge in [-0.05, 0) is 12.5 Å². The quantitative estimate of drug-likeness (QED) is 0.813. The highest BCUT2D eigenvalue weighted by Gasteiger charge is 2.28. The third-order valence-corrected chi connectivity index (χ3v) is 4.68. The van der Waals surface area contributed by atoms with Crippen LogP contribution in [0, 0.1) is 5.82 Å². The number of amides is 1. The van der Waals surface area contributed by atoms with E-state index in [2.05, 4.69) is 42.2 Å². The monoisotopic (exact) mass is 366 g/mol. The van der Waals surface area contributed by atoms with Crippen molar-refractivity contribution in [3.8, 4) is 0 Å². The highest BCUT2D eigenvalue weighted by molar-refractivity contribution is 9.09. The molecule has 0 radical (unpaired) electrons. The second-order valence-corrected chi connectivity index (χ2v) is 4.87. The summed E-state index contributed by atoms with van der Waals surface area (Å²) < 4.78 is 12.9. The van der Waals surface area contributed by atoms with Gasteiger partial charge in [-0.2, -0.15) is 0 Å². The average molecular weight is 368 g/mol. The molecule has 1 amide bonds. The normalized spacial score (nSPS) is 11.3. The number of alkyl halides is 2. The van der Waals surface area contributed by atoms with Gasteiger partial charge in [-0.3, -0.25) is 9.78 Å². The molecule has 0 aromatic carbocycles. The van der Waals surface area contributed by atoms with Crippen LogP contribution in [0.1, 0.15) is 23.7 Å². The largest absolute Gasteiger partial charge is 0.345 e. The predicted octanol–water partition coefficient (Wildman–Crippen LogP) is 2.89. The Hall–Kier alpha value is -0.490. The Bertz CT molecular complexity index is 389. The van der Waals surface area contributed by atoms with Crippen LogP contribution in [-0.2, 0) is 0 Å². The second kappa shape index (κ2) is 6.44. The first-order valence-corrected chi connectivity index (χ1v) is 7.36. The van der Waals surface area contributed by atoms with Crippen LogP contribution in [0.5, 0.6) is 0 Å². The van der Waals surface area contributed by atoms with Crippen molar-refractivity contribution in [2.75, 3.05) is 10.7 Å². The van der Waals surface area contributed by atoms with Gasteiger partial charge in [0.1, 0.15) is 5.82 Å². The van der Waals surface area contributed by atoms with E-state index >= 15 is 0 Å². The molecule has 0 spiro atoms. The van der Waals surface area contributed by atoms with Crippen molar-refractivity contribution < 1.29 is 9.18 Å². The molecule has 1 aromatic heterocycles. The molecule has 0 aliphatic carbocycles. The fourth-order valence-corrected chi connectivity index (χ4v) is 3.23. The summed E-state index contributed by atoms with van der Waals surface area (Å²) in [6, 6.07) is 1.17. The first kappa shape index (κ1) is 14.6. The number of carbonyl (C=O) groups excluding carboxylic acids is 1. The number of pyridine rings is 1. The number of hydrogen-bond donors (Lipinski definition) is 1. The molecule has 1 rings (SSSR count). The minimum Gasteiger partial charge on any atom is -0.345 e. The van der Waals surface area contributed by atoms with E-state index in [1.165, 1.54) is 12.3 Å². The van der Waals surface area contributed by atoms with Crippen molar-refractivity contribution in [1.82, 2.24) is 10.3 Å². The number of nitrogens with zero attached hydrogens (tertiary/aromatic N) is 1. The third-order valence-electron chi connectivity index (χ3n) is 2.53. The zero-order valence-corrected chi connectivity index (χ0v) is 12.5. The van der Waals surface area contributed by atoms with Crippen molar-refractivity contribution in [3.63, 3.8) is 0 Å².